The zero-order chi connectivity index (χ0) is 22.3. The monoisotopic (exact) mass is 427 g/mol. The molecule has 0 spiro atoms. The molecule has 0 aromatic carbocycles. The Hall–Kier alpha value is -2.68. The molecule has 1 saturated heterocycles. The fourth-order valence-corrected chi connectivity index (χ4v) is 4.49. The molecule has 3 aromatic rings. The van der Waals surface area contributed by atoms with E-state index in [0.29, 0.717) is 36.7 Å². The van der Waals surface area contributed by atoms with Gasteiger partial charge in [0.15, 0.2) is 11.2 Å². The average molecular weight is 428 g/mol. The zero-order valence-corrected chi connectivity index (χ0v) is 19.3. The van der Waals surface area contributed by atoms with E-state index in [1.54, 1.807) is 11.7 Å². The first kappa shape index (κ1) is 21.5. The highest BCUT2D eigenvalue weighted by atomic mass is 16.2. The quantitative estimate of drug-likeness (QED) is 0.600. The lowest BCUT2D eigenvalue weighted by Gasteiger charge is -2.26. The smallest absolute Gasteiger partial charge is 0.302 e. The predicted octanol–water partition coefficient (Wildman–Crippen LogP) is 1.90. The van der Waals surface area contributed by atoms with E-state index < -0.39 is 0 Å². The van der Waals surface area contributed by atoms with Crippen molar-refractivity contribution in [1.29, 1.82) is 0 Å². The van der Waals surface area contributed by atoms with Crippen LogP contribution in [0.2, 0.25) is 0 Å². The average Bonchev–Trinajstić information content (AvgIpc) is 3.26. The van der Waals surface area contributed by atoms with Gasteiger partial charge in [0.25, 0.3) is 5.56 Å². The summed E-state index contributed by atoms with van der Waals surface area (Å²) in [5.74, 6) is 0.589. The normalized spacial score (nSPS) is 15.3. The summed E-state index contributed by atoms with van der Waals surface area (Å²) in [6.45, 7) is 11.9. The highest BCUT2D eigenvalue weighted by Gasteiger charge is 2.23. The number of aryl methyl sites for hydroxylation is 3. The van der Waals surface area contributed by atoms with E-state index in [1.165, 1.54) is 28.4 Å². The molecular formula is C22H33N7O2. The van der Waals surface area contributed by atoms with Crippen molar-refractivity contribution < 1.29 is 0 Å². The van der Waals surface area contributed by atoms with Crippen LogP contribution in [-0.4, -0.2) is 53.0 Å². The van der Waals surface area contributed by atoms with Gasteiger partial charge in [-0.3, -0.25) is 13.9 Å². The molecule has 31 heavy (non-hydrogen) atoms. The molecule has 1 aliphatic rings. The molecule has 0 N–H and O–H groups in total. The van der Waals surface area contributed by atoms with Gasteiger partial charge in [-0.05, 0) is 58.7 Å². The number of aromatic nitrogens is 6. The lowest BCUT2D eigenvalue weighted by atomic mass is 10.1. The highest BCUT2D eigenvalue weighted by molar-refractivity contribution is 5.72. The number of rotatable bonds is 6. The molecule has 0 bridgehead atoms. The van der Waals surface area contributed by atoms with Crippen molar-refractivity contribution in [3.05, 3.63) is 37.8 Å². The van der Waals surface area contributed by atoms with E-state index in [9.17, 15) is 9.59 Å². The Morgan fingerprint density at radius 1 is 0.935 bits per heavy atom. The molecule has 9 heteroatoms. The fourth-order valence-electron chi connectivity index (χ4n) is 4.49. The number of likely N-dealkylation sites (tertiary alicyclic amines) is 1. The van der Waals surface area contributed by atoms with Gasteiger partial charge >= 0.3 is 5.69 Å². The van der Waals surface area contributed by atoms with Crippen molar-refractivity contribution in [1.82, 2.24) is 33.4 Å². The second kappa shape index (κ2) is 8.45. The van der Waals surface area contributed by atoms with Gasteiger partial charge in [0, 0.05) is 32.4 Å². The van der Waals surface area contributed by atoms with Crippen molar-refractivity contribution in [3.63, 3.8) is 0 Å². The van der Waals surface area contributed by atoms with E-state index in [4.69, 9.17) is 4.98 Å². The third-order valence-electron chi connectivity index (χ3n) is 6.59. The van der Waals surface area contributed by atoms with Gasteiger partial charge in [0.2, 0.25) is 5.95 Å². The maximum absolute atomic E-state index is 13.5. The second-order valence-corrected chi connectivity index (χ2v) is 8.64. The van der Waals surface area contributed by atoms with Crippen LogP contribution in [0, 0.1) is 20.8 Å². The van der Waals surface area contributed by atoms with Crippen LogP contribution in [0.4, 0.5) is 0 Å². The zero-order valence-electron chi connectivity index (χ0n) is 19.3. The molecule has 168 valence electrons. The summed E-state index contributed by atoms with van der Waals surface area (Å²) in [4.78, 5) is 33.6. The summed E-state index contributed by atoms with van der Waals surface area (Å²) in [7, 11) is 1.70. The van der Waals surface area contributed by atoms with Gasteiger partial charge in [-0.2, -0.15) is 10.1 Å². The van der Waals surface area contributed by atoms with E-state index in [1.807, 2.05) is 25.3 Å². The second-order valence-electron chi connectivity index (χ2n) is 8.64. The fraction of sp³-hybridized carbons (Fsp3) is 0.636. The molecule has 1 fully saturated rings. The number of piperidine rings is 1. The van der Waals surface area contributed by atoms with Crippen LogP contribution in [-0.2, 0) is 20.1 Å². The van der Waals surface area contributed by atoms with Gasteiger partial charge in [0.1, 0.15) is 0 Å². The maximum atomic E-state index is 13.5. The molecule has 0 amide bonds. The Labute approximate surface area is 181 Å². The summed E-state index contributed by atoms with van der Waals surface area (Å²) in [5.41, 5.74) is 3.33. The minimum atomic E-state index is -0.313. The first-order chi connectivity index (χ1) is 14.8. The van der Waals surface area contributed by atoms with Crippen LogP contribution in [0.5, 0.6) is 0 Å². The molecule has 4 heterocycles. The minimum Gasteiger partial charge on any atom is -0.302 e. The highest BCUT2D eigenvalue weighted by Crippen LogP contribution is 2.20. The van der Waals surface area contributed by atoms with Crippen molar-refractivity contribution in [2.45, 2.75) is 66.5 Å². The number of hydrogen-bond donors (Lipinski definition) is 0. The van der Waals surface area contributed by atoms with Crippen LogP contribution in [0.1, 0.15) is 49.6 Å². The molecule has 1 aliphatic heterocycles. The Balaban J connectivity index is 1.87. The van der Waals surface area contributed by atoms with Crippen LogP contribution < -0.4 is 11.2 Å². The summed E-state index contributed by atoms with van der Waals surface area (Å²) in [6.07, 6.45) is 4.46. The first-order valence-corrected chi connectivity index (χ1v) is 11.3. The topological polar surface area (TPSA) is 82.9 Å². The van der Waals surface area contributed by atoms with Gasteiger partial charge in [-0.1, -0.05) is 13.3 Å². The molecule has 4 rings (SSSR count). The summed E-state index contributed by atoms with van der Waals surface area (Å²) in [5, 5.41) is 4.65. The number of imidazole rings is 1. The van der Waals surface area contributed by atoms with Crippen LogP contribution >= 0.6 is 0 Å². The number of nitrogens with zero attached hydrogens (tertiary/aromatic N) is 7. The largest absolute Gasteiger partial charge is 0.332 e. The van der Waals surface area contributed by atoms with Gasteiger partial charge in [0.05, 0.1) is 5.69 Å². The standard InChI is InChI=1S/C22H33N7O2/c1-6-10-27-18-19(23-21(27)29-17(4)15(2)16(3)24-29)25(5)22(31)28(20(18)30)14-13-26-11-8-7-9-12-26/h6-14H2,1-5H3. The van der Waals surface area contributed by atoms with Crippen molar-refractivity contribution in [2.24, 2.45) is 7.05 Å². The van der Waals surface area contributed by atoms with Crippen LogP contribution in [0.25, 0.3) is 17.1 Å². The van der Waals surface area contributed by atoms with Gasteiger partial charge in [-0.15, -0.1) is 0 Å². The summed E-state index contributed by atoms with van der Waals surface area (Å²) < 4.78 is 6.60. The lowest BCUT2D eigenvalue weighted by Crippen LogP contribution is -2.43. The maximum Gasteiger partial charge on any atom is 0.332 e. The summed E-state index contributed by atoms with van der Waals surface area (Å²) in [6, 6.07) is 0. The number of fused-ring (bicyclic) bond motifs is 1. The molecule has 0 aliphatic carbocycles. The molecule has 0 unspecified atom stereocenters. The Morgan fingerprint density at radius 2 is 1.65 bits per heavy atom. The van der Waals surface area contributed by atoms with Crippen molar-refractivity contribution in [2.75, 3.05) is 19.6 Å². The molecule has 3 aromatic heterocycles. The van der Waals surface area contributed by atoms with E-state index in [-0.39, 0.29) is 11.2 Å². The third-order valence-corrected chi connectivity index (χ3v) is 6.59. The minimum absolute atomic E-state index is 0.263. The lowest BCUT2D eigenvalue weighted by molar-refractivity contribution is 0.218. The number of hydrogen-bond acceptors (Lipinski definition) is 5. The first-order valence-electron chi connectivity index (χ1n) is 11.3. The van der Waals surface area contributed by atoms with E-state index in [2.05, 4.69) is 16.9 Å². The van der Waals surface area contributed by atoms with Gasteiger partial charge < -0.3 is 9.47 Å². The van der Waals surface area contributed by atoms with Crippen molar-refractivity contribution in [3.8, 4) is 5.95 Å². The Kier molecular flexibility index (Phi) is 5.88. The van der Waals surface area contributed by atoms with Crippen molar-refractivity contribution >= 4 is 11.2 Å². The molecule has 0 radical (unpaired) electrons. The van der Waals surface area contributed by atoms with Crippen LogP contribution in [0.15, 0.2) is 9.59 Å². The Morgan fingerprint density at radius 3 is 2.26 bits per heavy atom. The van der Waals surface area contributed by atoms with E-state index >= 15 is 0 Å². The SMILES string of the molecule is CCCn1c(-n2nc(C)c(C)c2C)nc2c1c(=O)n(CCN1CCCCC1)c(=O)n2C. The van der Waals surface area contributed by atoms with Crippen LogP contribution in [0.3, 0.4) is 0 Å². The third kappa shape index (κ3) is 3.64. The molecule has 0 atom stereocenters. The molecule has 0 saturated carbocycles. The molecule has 9 nitrogen and oxygen atoms in total. The predicted molar refractivity (Wildman–Crippen MR) is 121 cm³/mol. The Bertz CT molecular complexity index is 1220. The molecular weight excluding hydrogens is 394 g/mol. The van der Waals surface area contributed by atoms with Gasteiger partial charge in [-0.25, -0.2) is 9.48 Å². The van der Waals surface area contributed by atoms with E-state index in [0.717, 1.165) is 36.5 Å². The summed E-state index contributed by atoms with van der Waals surface area (Å²) >= 11 is 0.